The monoisotopic (exact) mass is 355 g/mol. The van der Waals surface area contributed by atoms with Crippen molar-refractivity contribution in [2.45, 2.75) is 5.16 Å². The quantitative estimate of drug-likeness (QED) is 0.430. The molecule has 0 aliphatic rings. The Kier molecular flexibility index (Phi) is 5.16. The smallest absolute Gasteiger partial charge is 0.423 e. The summed E-state index contributed by atoms with van der Waals surface area (Å²) in [4.78, 5) is 18.6. The highest BCUT2D eigenvalue weighted by Crippen LogP contribution is 2.29. The number of rotatable bonds is 3. The number of benzene rings is 1. The molecule has 10 heteroatoms. The SMILES string of the molecule is CSc1nc(-c2ccc(Cl)c(B(O)O)c2Cl)c(C#N)c(=O)[nH]1. The molecule has 2 rings (SSSR count). The van der Waals surface area contributed by atoms with Gasteiger partial charge in [-0.15, -0.1) is 0 Å². The zero-order chi connectivity index (χ0) is 16.4. The number of thioether (sulfide) groups is 1. The predicted molar refractivity (Wildman–Crippen MR) is 86.6 cm³/mol. The molecule has 0 bridgehead atoms. The third kappa shape index (κ3) is 3.00. The molecule has 1 aromatic carbocycles. The number of aromatic amines is 1. The third-order valence-corrected chi connectivity index (χ3v) is 4.16. The molecular weight excluding hydrogens is 348 g/mol. The Balaban J connectivity index is 2.83. The summed E-state index contributed by atoms with van der Waals surface area (Å²) in [5, 5.41) is 28.2. The fraction of sp³-hybridized carbons (Fsp3) is 0.0833. The Morgan fingerprint density at radius 2 is 2.09 bits per heavy atom. The topological polar surface area (TPSA) is 110 Å². The van der Waals surface area contributed by atoms with Gasteiger partial charge in [0.05, 0.1) is 10.7 Å². The molecule has 0 radical (unpaired) electrons. The zero-order valence-corrected chi connectivity index (χ0v) is 13.4. The van der Waals surface area contributed by atoms with E-state index < -0.39 is 12.7 Å². The summed E-state index contributed by atoms with van der Waals surface area (Å²) in [6.45, 7) is 0. The number of hydrogen-bond donors (Lipinski definition) is 3. The van der Waals surface area contributed by atoms with Gasteiger partial charge in [0, 0.05) is 16.0 Å². The summed E-state index contributed by atoms with van der Waals surface area (Å²) in [6, 6.07) is 4.62. The molecule has 1 aromatic heterocycles. The number of nitrogens with one attached hydrogen (secondary N) is 1. The van der Waals surface area contributed by atoms with Crippen molar-refractivity contribution in [2.24, 2.45) is 0 Å². The van der Waals surface area contributed by atoms with Crippen molar-refractivity contribution >= 4 is 47.5 Å². The first-order valence-electron chi connectivity index (χ1n) is 5.83. The van der Waals surface area contributed by atoms with Crippen LogP contribution in [-0.2, 0) is 0 Å². The van der Waals surface area contributed by atoms with Gasteiger partial charge in [-0.3, -0.25) is 4.79 Å². The van der Waals surface area contributed by atoms with Crippen LogP contribution in [0.1, 0.15) is 5.56 Å². The number of hydrogen-bond acceptors (Lipinski definition) is 6. The lowest BCUT2D eigenvalue weighted by Crippen LogP contribution is -2.32. The lowest BCUT2D eigenvalue weighted by atomic mass is 9.79. The first-order chi connectivity index (χ1) is 10.4. The Morgan fingerprint density at radius 3 is 2.64 bits per heavy atom. The van der Waals surface area contributed by atoms with Gasteiger partial charge >= 0.3 is 7.12 Å². The van der Waals surface area contributed by atoms with Crippen LogP contribution in [0, 0.1) is 11.3 Å². The largest absolute Gasteiger partial charge is 0.491 e. The van der Waals surface area contributed by atoms with Crippen molar-refractivity contribution in [3.63, 3.8) is 0 Å². The van der Waals surface area contributed by atoms with Crippen LogP contribution < -0.4 is 11.0 Å². The highest BCUT2D eigenvalue weighted by molar-refractivity contribution is 7.98. The molecule has 1 heterocycles. The lowest BCUT2D eigenvalue weighted by Gasteiger charge is -2.12. The van der Waals surface area contributed by atoms with Gasteiger partial charge in [-0.1, -0.05) is 35.0 Å². The van der Waals surface area contributed by atoms with Crippen molar-refractivity contribution < 1.29 is 10.0 Å². The predicted octanol–water partition coefficient (Wildman–Crippen LogP) is 1.02. The minimum absolute atomic E-state index is 0.0530. The summed E-state index contributed by atoms with van der Waals surface area (Å²) in [5.74, 6) is 0. The molecule has 0 atom stereocenters. The molecule has 112 valence electrons. The van der Waals surface area contributed by atoms with E-state index in [0.29, 0.717) is 5.16 Å². The fourth-order valence-electron chi connectivity index (χ4n) is 1.84. The second-order valence-electron chi connectivity index (χ2n) is 4.11. The molecule has 2 aromatic rings. The zero-order valence-electron chi connectivity index (χ0n) is 11.1. The van der Waals surface area contributed by atoms with E-state index in [-0.39, 0.29) is 32.3 Å². The van der Waals surface area contributed by atoms with E-state index in [1.165, 1.54) is 23.9 Å². The average Bonchev–Trinajstić information content (AvgIpc) is 2.46. The van der Waals surface area contributed by atoms with Crippen molar-refractivity contribution in [1.29, 1.82) is 5.26 Å². The molecule has 22 heavy (non-hydrogen) atoms. The van der Waals surface area contributed by atoms with Gasteiger partial charge in [-0.05, 0) is 18.4 Å². The Bertz CT molecular complexity index is 836. The Labute approximate surface area is 139 Å². The van der Waals surface area contributed by atoms with Crippen molar-refractivity contribution in [3.8, 4) is 17.3 Å². The maximum Gasteiger partial charge on any atom is 0.491 e. The molecule has 0 spiro atoms. The minimum Gasteiger partial charge on any atom is -0.423 e. The lowest BCUT2D eigenvalue weighted by molar-refractivity contribution is 0.426. The highest BCUT2D eigenvalue weighted by atomic mass is 35.5. The van der Waals surface area contributed by atoms with Gasteiger partial charge in [-0.25, -0.2) is 4.98 Å². The Morgan fingerprint density at radius 1 is 1.41 bits per heavy atom. The molecular formula is C12H8BCl2N3O3S. The summed E-state index contributed by atoms with van der Waals surface area (Å²) >= 11 is 13.2. The fourth-order valence-corrected chi connectivity index (χ4v) is 2.87. The summed E-state index contributed by atoms with van der Waals surface area (Å²) in [5.41, 5.74) is -0.668. The summed E-state index contributed by atoms with van der Waals surface area (Å²) in [7, 11) is -1.90. The number of nitrogens with zero attached hydrogens (tertiary/aromatic N) is 2. The number of H-pyrrole nitrogens is 1. The van der Waals surface area contributed by atoms with Crippen molar-refractivity contribution in [2.75, 3.05) is 6.26 Å². The van der Waals surface area contributed by atoms with Crippen molar-refractivity contribution in [1.82, 2.24) is 9.97 Å². The second kappa shape index (κ2) is 6.73. The van der Waals surface area contributed by atoms with Crippen LogP contribution in [0.25, 0.3) is 11.3 Å². The first-order valence-corrected chi connectivity index (χ1v) is 7.81. The molecule has 3 N–H and O–H groups in total. The van der Waals surface area contributed by atoms with Crippen LogP contribution in [0.15, 0.2) is 22.1 Å². The molecule has 0 fully saturated rings. The van der Waals surface area contributed by atoms with Gasteiger partial charge in [0.2, 0.25) is 0 Å². The first kappa shape index (κ1) is 16.9. The van der Waals surface area contributed by atoms with Crippen LogP contribution in [0.4, 0.5) is 0 Å². The minimum atomic E-state index is -1.90. The maximum absolute atomic E-state index is 11.9. The van der Waals surface area contributed by atoms with E-state index >= 15 is 0 Å². The molecule has 0 aliphatic carbocycles. The van der Waals surface area contributed by atoms with Crippen LogP contribution in [-0.4, -0.2) is 33.4 Å². The highest BCUT2D eigenvalue weighted by Gasteiger charge is 2.24. The normalized spacial score (nSPS) is 10.4. The van der Waals surface area contributed by atoms with E-state index in [4.69, 9.17) is 28.5 Å². The summed E-state index contributed by atoms with van der Waals surface area (Å²) in [6.07, 6.45) is 1.71. The average molecular weight is 356 g/mol. The van der Waals surface area contributed by atoms with E-state index in [2.05, 4.69) is 9.97 Å². The molecule has 0 unspecified atom stereocenters. The molecule has 0 aliphatic heterocycles. The van der Waals surface area contributed by atoms with E-state index in [0.717, 1.165) is 0 Å². The van der Waals surface area contributed by atoms with Crippen LogP contribution >= 0.6 is 35.0 Å². The van der Waals surface area contributed by atoms with Crippen LogP contribution in [0.2, 0.25) is 10.0 Å². The van der Waals surface area contributed by atoms with E-state index in [9.17, 15) is 14.8 Å². The van der Waals surface area contributed by atoms with E-state index in [1.54, 1.807) is 12.3 Å². The Hall–Kier alpha value is -1.50. The summed E-state index contributed by atoms with van der Waals surface area (Å²) < 4.78 is 0. The number of aromatic nitrogens is 2. The van der Waals surface area contributed by atoms with Gasteiger partial charge in [-0.2, -0.15) is 5.26 Å². The third-order valence-electron chi connectivity index (χ3n) is 2.84. The molecule has 0 amide bonds. The number of halogens is 2. The molecule has 6 nitrogen and oxygen atoms in total. The standard InChI is InChI=1S/C12H8BCl2N3O3S/c1-22-12-17-10(6(4-16)11(19)18-12)5-2-3-7(14)8(9(5)15)13(20)21/h2-3,20-21H,1H3,(H,17,18,19). The van der Waals surface area contributed by atoms with Gasteiger partial charge < -0.3 is 15.0 Å². The van der Waals surface area contributed by atoms with Gasteiger partial charge in [0.25, 0.3) is 5.56 Å². The van der Waals surface area contributed by atoms with Crippen LogP contribution in [0.3, 0.4) is 0 Å². The number of nitriles is 1. The van der Waals surface area contributed by atoms with E-state index in [1.807, 2.05) is 0 Å². The molecule has 0 saturated heterocycles. The van der Waals surface area contributed by atoms with Crippen LogP contribution in [0.5, 0.6) is 0 Å². The van der Waals surface area contributed by atoms with Crippen molar-refractivity contribution in [3.05, 3.63) is 38.1 Å². The van der Waals surface area contributed by atoms with Gasteiger partial charge in [0.15, 0.2) is 5.16 Å². The van der Waals surface area contributed by atoms with Gasteiger partial charge in [0.1, 0.15) is 11.6 Å². The maximum atomic E-state index is 11.9. The second-order valence-corrected chi connectivity index (χ2v) is 5.69. The molecule has 0 saturated carbocycles.